The molecule has 3 atom stereocenters. The highest BCUT2D eigenvalue weighted by Gasteiger charge is 2.35. The third kappa shape index (κ3) is 6.70. The van der Waals surface area contributed by atoms with E-state index < -0.39 is 0 Å². The lowest BCUT2D eigenvalue weighted by atomic mass is 9.88. The predicted octanol–water partition coefficient (Wildman–Crippen LogP) is 4.56. The number of hydrogen-bond donors (Lipinski definition) is 2. The number of nitrogens with zero attached hydrogens (tertiary/aromatic N) is 2. The summed E-state index contributed by atoms with van der Waals surface area (Å²) in [5.41, 5.74) is 2.18. The number of likely N-dealkylation sites (N-methyl/N-ethyl adjacent to an activating group) is 1. The Kier molecular flexibility index (Phi) is 9.22. The van der Waals surface area contributed by atoms with Crippen LogP contribution in [0, 0.1) is 11.8 Å². The fraction of sp³-hybridized carbons (Fsp3) is 0.533. The zero-order chi connectivity index (χ0) is 26.4. The molecule has 0 unspecified atom stereocenters. The van der Waals surface area contributed by atoms with E-state index in [1.165, 1.54) is 12.0 Å². The summed E-state index contributed by atoms with van der Waals surface area (Å²) in [5.74, 6) is 0.236. The number of aliphatic hydroxyl groups excluding tert-OH is 1. The number of hydrogen-bond acceptors (Lipinski definition) is 5. The number of amides is 2. The van der Waals surface area contributed by atoms with Crippen molar-refractivity contribution in [2.45, 2.75) is 64.6 Å². The van der Waals surface area contributed by atoms with Crippen molar-refractivity contribution in [2.24, 2.45) is 11.8 Å². The van der Waals surface area contributed by atoms with Crippen LogP contribution in [0.25, 0.3) is 0 Å². The summed E-state index contributed by atoms with van der Waals surface area (Å²) in [6.45, 7) is 5.72. The predicted molar refractivity (Wildman–Crippen MR) is 146 cm³/mol. The van der Waals surface area contributed by atoms with E-state index in [1.807, 2.05) is 31.2 Å². The normalized spacial score (nSPS) is 21.5. The number of ether oxygens (including phenoxy) is 1. The fourth-order valence-electron chi connectivity index (χ4n) is 5.43. The molecule has 0 aromatic heterocycles. The molecule has 2 aliphatic rings. The maximum atomic E-state index is 13.7. The molecule has 2 aromatic carbocycles. The zero-order valence-electron chi connectivity index (χ0n) is 22.4. The van der Waals surface area contributed by atoms with Gasteiger partial charge >= 0.3 is 0 Å². The van der Waals surface area contributed by atoms with Gasteiger partial charge in [-0.3, -0.25) is 14.5 Å². The summed E-state index contributed by atoms with van der Waals surface area (Å²) in [5, 5.41) is 13.0. The number of nitrogens with one attached hydrogen (secondary N) is 1. The van der Waals surface area contributed by atoms with Gasteiger partial charge in [0.15, 0.2) is 5.75 Å². The molecule has 1 fully saturated rings. The minimum Gasteiger partial charge on any atom is -0.486 e. The van der Waals surface area contributed by atoms with E-state index in [2.05, 4.69) is 36.3 Å². The average molecular weight is 508 g/mol. The van der Waals surface area contributed by atoms with Crippen molar-refractivity contribution >= 4 is 17.5 Å². The fourth-order valence-corrected chi connectivity index (χ4v) is 5.43. The Labute approximate surface area is 220 Å². The van der Waals surface area contributed by atoms with Crippen LogP contribution in [0.15, 0.2) is 48.5 Å². The van der Waals surface area contributed by atoms with Crippen molar-refractivity contribution in [3.8, 4) is 5.75 Å². The SMILES string of the molecule is C[C@H]1CN([C@@H](C)CO)C(=O)c2cccc(NC(=O)C3CCCCC3)c2O[C@@H]1CN(C)Cc1ccccc1. The average Bonchev–Trinajstić information content (AvgIpc) is 2.91. The Morgan fingerprint density at radius 1 is 1.14 bits per heavy atom. The highest BCUT2D eigenvalue weighted by atomic mass is 16.5. The Balaban J connectivity index is 1.63. The smallest absolute Gasteiger partial charge is 0.258 e. The van der Waals surface area contributed by atoms with Gasteiger partial charge < -0.3 is 20.1 Å². The van der Waals surface area contributed by atoms with Gasteiger partial charge in [0.2, 0.25) is 5.91 Å². The molecule has 200 valence electrons. The molecule has 37 heavy (non-hydrogen) atoms. The summed E-state index contributed by atoms with van der Waals surface area (Å²) < 4.78 is 6.64. The van der Waals surface area contributed by atoms with Crippen LogP contribution >= 0.6 is 0 Å². The van der Waals surface area contributed by atoms with Crippen LogP contribution < -0.4 is 10.1 Å². The maximum Gasteiger partial charge on any atom is 0.258 e. The Hall–Kier alpha value is -2.90. The first kappa shape index (κ1) is 27.1. The first-order valence-corrected chi connectivity index (χ1v) is 13.6. The molecule has 1 aliphatic carbocycles. The number of carbonyl (C=O) groups is 2. The molecule has 7 heteroatoms. The molecule has 1 heterocycles. The van der Waals surface area contributed by atoms with Gasteiger partial charge in [0.05, 0.1) is 23.9 Å². The second kappa shape index (κ2) is 12.6. The van der Waals surface area contributed by atoms with E-state index in [-0.39, 0.29) is 42.4 Å². The van der Waals surface area contributed by atoms with Crippen molar-refractivity contribution in [3.63, 3.8) is 0 Å². The van der Waals surface area contributed by atoms with Crippen molar-refractivity contribution in [1.29, 1.82) is 0 Å². The van der Waals surface area contributed by atoms with Crippen LogP contribution in [-0.2, 0) is 11.3 Å². The first-order valence-electron chi connectivity index (χ1n) is 13.6. The molecule has 0 saturated heterocycles. The van der Waals surface area contributed by atoms with E-state index in [0.29, 0.717) is 30.1 Å². The molecular weight excluding hydrogens is 466 g/mol. The van der Waals surface area contributed by atoms with Crippen LogP contribution in [0.2, 0.25) is 0 Å². The molecule has 1 aliphatic heterocycles. The molecule has 1 saturated carbocycles. The van der Waals surface area contributed by atoms with Crippen molar-refractivity contribution in [3.05, 3.63) is 59.7 Å². The number of aliphatic hydroxyl groups is 1. The molecule has 0 bridgehead atoms. The number of fused-ring (bicyclic) bond motifs is 1. The van der Waals surface area contributed by atoms with E-state index in [1.54, 1.807) is 17.0 Å². The van der Waals surface area contributed by atoms with Crippen molar-refractivity contribution in [1.82, 2.24) is 9.80 Å². The molecule has 2 aromatic rings. The number of rotatable bonds is 8. The van der Waals surface area contributed by atoms with Crippen LogP contribution in [0.1, 0.15) is 61.9 Å². The first-order chi connectivity index (χ1) is 17.9. The summed E-state index contributed by atoms with van der Waals surface area (Å²) in [6, 6.07) is 15.3. The van der Waals surface area contributed by atoms with E-state index >= 15 is 0 Å². The standard InChI is InChI=1S/C30H41N3O4/c1-21-17-33(22(2)20-34)30(36)25-15-10-16-26(31-29(35)24-13-8-5-9-14-24)28(25)37-27(21)19-32(3)18-23-11-6-4-7-12-23/h4,6-7,10-12,15-16,21-22,24,27,34H,5,8-9,13-14,17-20H2,1-3H3,(H,31,35)/t21-,22-,27+/m0/s1. The summed E-state index contributed by atoms with van der Waals surface area (Å²) >= 11 is 0. The third-order valence-corrected chi connectivity index (χ3v) is 7.71. The monoisotopic (exact) mass is 507 g/mol. The Morgan fingerprint density at radius 3 is 2.57 bits per heavy atom. The molecule has 0 radical (unpaired) electrons. The minimum atomic E-state index is -0.330. The van der Waals surface area contributed by atoms with Crippen molar-refractivity contribution < 1.29 is 19.4 Å². The van der Waals surface area contributed by atoms with Gasteiger partial charge in [-0.1, -0.05) is 62.6 Å². The van der Waals surface area contributed by atoms with Gasteiger partial charge in [0.25, 0.3) is 5.91 Å². The molecular formula is C30H41N3O4. The topological polar surface area (TPSA) is 82.1 Å². The summed E-state index contributed by atoms with van der Waals surface area (Å²) in [6.07, 6.45) is 4.89. The van der Waals surface area contributed by atoms with Crippen LogP contribution in [0.3, 0.4) is 0 Å². The number of benzene rings is 2. The van der Waals surface area contributed by atoms with Gasteiger partial charge in [-0.05, 0) is 44.5 Å². The van der Waals surface area contributed by atoms with Gasteiger partial charge in [-0.25, -0.2) is 0 Å². The number of para-hydroxylation sites is 1. The van der Waals surface area contributed by atoms with E-state index in [4.69, 9.17) is 4.74 Å². The lowest BCUT2D eigenvalue weighted by Crippen LogP contribution is -2.49. The minimum absolute atomic E-state index is 0.00224. The van der Waals surface area contributed by atoms with E-state index in [0.717, 1.165) is 32.2 Å². The molecule has 4 rings (SSSR count). The van der Waals surface area contributed by atoms with E-state index in [9.17, 15) is 14.7 Å². The third-order valence-electron chi connectivity index (χ3n) is 7.71. The second-order valence-corrected chi connectivity index (χ2v) is 10.8. The van der Waals surface area contributed by atoms with Gasteiger partial charge in [-0.2, -0.15) is 0 Å². The largest absolute Gasteiger partial charge is 0.486 e. The van der Waals surface area contributed by atoms with Crippen LogP contribution in [0.4, 0.5) is 5.69 Å². The zero-order valence-corrected chi connectivity index (χ0v) is 22.4. The van der Waals surface area contributed by atoms with Crippen molar-refractivity contribution in [2.75, 3.05) is 32.1 Å². The Morgan fingerprint density at radius 2 is 1.86 bits per heavy atom. The summed E-state index contributed by atoms with van der Waals surface area (Å²) in [4.78, 5) is 30.8. The number of anilines is 1. The second-order valence-electron chi connectivity index (χ2n) is 10.8. The highest BCUT2D eigenvalue weighted by Crippen LogP contribution is 2.36. The van der Waals surface area contributed by atoms with Gasteiger partial charge in [0.1, 0.15) is 6.10 Å². The quantitative estimate of drug-likeness (QED) is 0.548. The van der Waals surface area contributed by atoms with Gasteiger partial charge in [-0.15, -0.1) is 0 Å². The van der Waals surface area contributed by atoms with Crippen LogP contribution in [-0.4, -0.2) is 65.6 Å². The number of carbonyl (C=O) groups excluding carboxylic acids is 2. The lowest BCUT2D eigenvalue weighted by molar-refractivity contribution is -0.120. The van der Waals surface area contributed by atoms with Crippen LogP contribution in [0.5, 0.6) is 5.75 Å². The lowest BCUT2D eigenvalue weighted by Gasteiger charge is -2.38. The molecule has 0 spiro atoms. The maximum absolute atomic E-state index is 13.7. The molecule has 7 nitrogen and oxygen atoms in total. The molecule has 2 N–H and O–H groups in total. The Bertz CT molecular complexity index is 1050. The van der Waals surface area contributed by atoms with Gasteiger partial charge in [0, 0.05) is 31.5 Å². The highest BCUT2D eigenvalue weighted by molar-refractivity contribution is 6.02. The molecule has 2 amide bonds. The summed E-state index contributed by atoms with van der Waals surface area (Å²) in [7, 11) is 2.07.